The summed E-state index contributed by atoms with van der Waals surface area (Å²) in [5.41, 5.74) is 3.82. The predicted molar refractivity (Wildman–Crippen MR) is 160 cm³/mol. The number of ether oxygens (including phenoxy) is 1. The quantitative estimate of drug-likeness (QED) is 0.394. The van der Waals surface area contributed by atoms with Gasteiger partial charge < -0.3 is 19.9 Å². The van der Waals surface area contributed by atoms with Gasteiger partial charge in [-0.25, -0.2) is 4.68 Å². The largest absolute Gasteiger partial charge is 0.489 e. The topological polar surface area (TPSA) is 126 Å². The average molecular weight is 605 g/mol. The minimum atomic E-state index is -0.641. The number of halogens is 1. The van der Waals surface area contributed by atoms with Gasteiger partial charge in [0.2, 0.25) is 11.8 Å². The van der Waals surface area contributed by atoms with E-state index in [0.717, 1.165) is 30.6 Å². The zero-order valence-corrected chi connectivity index (χ0v) is 24.8. The molecular formula is C31H33ClN6O5. The van der Waals surface area contributed by atoms with E-state index in [4.69, 9.17) is 16.3 Å². The molecular weight excluding hydrogens is 572 g/mol. The van der Waals surface area contributed by atoms with Gasteiger partial charge in [-0.2, -0.15) is 5.10 Å². The Morgan fingerprint density at radius 2 is 1.86 bits per heavy atom. The normalized spacial score (nSPS) is 22.3. The molecule has 4 heterocycles. The van der Waals surface area contributed by atoms with E-state index in [9.17, 15) is 19.2 Å². The molecule has 224 valence electrons. The van der Waals surface area contributed by atoms with Gasteiger partial charge in [0.25, 0.3) is 11.5 Å². The Labute approximate surface area is 253 Å². The standard InChI is InChI=1S/C31H33ClN6O5/c1-36-14-20(11-22(16-36)34-25-13-33-37(2)31(42)28(25)32)19-5-3-18(4-6-19)17-43-23-7-8-24-21(12-23)15-38(30(24)41)26-9-10-27(39)35-29(26)40/h3-8,12-13,20,22,26,34H,9-11,14-17H2,1-2H3,(H,35,39,40)/t20-,22+,26?/m0/s1. The highest BCUT2D eigenvalue weighted by molar-refractivity contribution is 6.32. The third kappa shape index (κ3) is 6.00. The first-order chi connectivity index (χ1) is 20.7. The third-order valence-electron chi connectivity index (χ3n) is 8.42. The molecule has 12 heteroatoms. The van der Waals surface area contributed by atoms with Crippen LogP contribution in [0.25, 0.3) is 0 Å². The van der Waals surface area contributed by atoms with Gasteiger partial charge in [0, 0.05) is 44.7 Å². The van der Waals surface area contributed by atoms with E-state index in [1.54, 1.807) is 25.4 Å². The Balaban J connectivity index is 1.06. The molecule has 0 saturated carbocycles. The van der Waals surface area contributed by atoms with Crippen LogP contribution < -0.4 is 20.9 Å². The van der Waals surface area contributed by atoms with Crippen molar-refractivity contribution < 1.29 is 19.1 Å². The van der Waals surface area contributed by atoms with Crippen LogP contribution in [0.5, 0.6) is 5.75 Å². The zero-order valence-electron chi connectivity index (χ0n) is 24.0. The smallest absolute Gasteiger partial charge is 0.287 e. The molecule has 0 spiro atoms. The number of likely N-dealkylation sites (N-methyl/N-ethyl adjacent to an activating group) is 1. The Bertz CT molecular complexity index is 1640. The number of carbonyl (C=O) groups is 3. The van der Waals surface area contributed by atoms with Crippen LogP contribution in [0.3, 0.4) is 0 Å². The lowest BCUT2D eigenvalue weighted by Crippen LogP contribution is -2.52. The first-order valence-electron chi connectivity index (χ1n) is 14.3. The van der Waals surface area contributed by atoms with Crippen molar-refractivity contribution in [2.45, 2.75) is 50.4 Å². The minimum Gasteiger partial charge on any atom is -0.489 e. The van der Waals surface area contributed by atoms with E-state index in [1.165, 1.54) is 15.1 Å². The number of carbonyl (C=O) groups excluding carboxylic acids is 3. The summed E-state index contributed by atoms with van der Waals surface area (Å²) in [6.45, 7) is 2.42. The van der Waals surface area contributed by atoms with Gasteiger partial charge in [-0.05, 0) is 60.7 Å². The third-order valence-corrected chi connectivity index (χ3v) is 8.79. The van der Waals surface area contributed by atoms with Crippen LogP contribution in [0.1, 0.15) is 52.2 Å². The molecule has 0 radical (unpaired) electrons. The molecule has 1 unspecified atom stereocenters. The molecule has 11 nitrogen and oxygen atoms in total. The van der Waals surface area contributed by atoms with Gasteiger partial charge >= 0.3 is 0 Å². The lowest BCUT2D eigenvalue weighted by molar-refractivity contribution is -0.136. The maximum atomic E-state index is 12.9. The monoisotopic (exact) mass is 604 g/mol. The fraction of sp³-hybridized carbons (Fsp3) is 0.387. The van der Waals surface area contributed by atoms with Crippen molar-refractivity contribution in [1.82, 2.24) is 24.9 Å². The summed E-state index contributed by atoms with van der Waals surface area (Å²) in [5.74, 6) is 0.0135. The second-order valence-electron chi connectivity index (χ2n) is 11.5. The lowest BCUT2D eigenvalue weighted by atomic mass is 9.88. The molecule has 2 N–H and O–H groups in total. The van der Waals surface area contributed by atoms with Gasteiger partial charge in [-0.1, -0.05) is 35.9 Å². The fourth-order valence-electron chi connectivity index (χ4n) is 6.19. The van der Waals surface area contributed by atoms with Crippen molar-refractivity contribution in [3.63, 3.8) is 0 Å². The lowest BCUT2D eigenvalue weighted by Gasteiger charge is -2.36. The number of hydrogen-bond acceptors (Lipinski definition) is 8. The van der Waals surface area contributed by atoms with Crippen molar-refractivity contribution >= 4 is 35.0 Å². The maximum absolute atomic E-state index is 12.9. The van der Waals surface area contributed by atoms with E-state index < -0.39 is 11.9 Å². The van der Waals surface area contributed by atoms with Gasteiger partial charge in [0.1, 0.15) is 23.4 Å². The molecule has 43 heavy (non-hydrogen) atoms. The van der Waals surface area contributed by atoms with E-state index in [2.05, 4.69) is 51.9 Å². The summed E-state index contributed by atoms with van der Waals surface area (Å²) < 4.78 is 7.29. The Morgan fingerprint density at radius 1 is 1.07 bits per heavy atom. The average Bonchev–Trinajstić information content (AvgIpc) is 3.31. The van der Waals surface area contributed by atoms with Crippen LogP contribution in [0, 0.1) is 0 Å². The molecule has 3 atom stereocenters. The molecule has 3 aromatic rings. The first-order valence-corrected chi connectivity index (χ1v) is 14.7. The number of nitrogens with one attached hydrogen (secondary N) is 2. The minimum absolute atomic E-state index is 0.107. The number of amides is 3. The summed E-state index contributed by atoms with van der Waals surface area (Å²) in [4.78, 5) is 52.7. The van der Waals surface area contributed by atoms with Crippen molar-refractivity contribution in [1.29, 1.82) is 0 Å². The fourth-order valence-corrected chi connectivity index (χ4v) is 6.42. The highest BCUT2D eigenvalue weighted by Crippen LogP contribution is 2.32. The van der Waals surface area contributed by atoms with Crippen LogP contribution in [0.15, 0.2) is 53.5 Å². The molecule has 0 bridgehead atoms. The van der Waals surface area contributed by atoms with Crippen LogP contribution in [-0.4, -0.2) is 69.5 Å². The number of aromatic nitrogens is 2. The molecule has 6 rings (SSSR count). The second kappa shape index (κ2) is 11.8. The van der Waals surface area contributed by atoms with Crippen LogP contribution in [0.2, 0.25) is 5.02 Å². The van der Waals surface area contributed by atoms with E-state index >= 15 is 0 Å². The van der Waals surface area contributed by atoms with Crippen molar-refractivity contribution in [3.05, 3.63) is 86.3 Å². The van der Waals surface area contributed by atoms with Crippen molar-refractivity contribution in [2.75, 3.05) is 25.5 Å². The number of piperidine rings is 2. The van der Waals surface area contributed by atoms with E-state index in [-0.39, 0.29) is 34.9 Å². The van der Waals surface area contributed by atoms with E-state index in [1.807, 2.05) is 6.07 Å². The molecule has 1 aromatic heterocycles. The molecule has 3 amide bonds. The molecule has 3 aliphatic rings. The number of anilines is 1. The molecule has 3 aliphatic heterocycles. The number of imide groups is 1. The molecule has 2 saturated heterocycles. The number of fused-ring (bicyclic) bond motifs is 1. The Hall–Kier alpha value is -4.22. The molecule has 2 aromatic carbocycles. The number of likely N-dealkylation sites (tertiary alicyclic amines) is 1. The SMILES string of the molecule is CN1C[C@H](Nc2cnn(C)c(=O)c2Cl)C[C@H](c2ccc(COc3ccc4c(c3)CN(C3CCC(=O)NC3=O)C4=O)cc2)C1. The zero-order chi connectivity index (χ0) is 30.2. The highest BCUT2D eigenvalue weighted by atomic mass is 35.5. The summed E-state index contributed by atoms with van der Waals surface area (Å²) in [6.07, 6.45) is 3.03. The van der Waals surface area contributed by atoms with Crippen molar-refractivity contribution in [3.8, 4) is 5.75 Å². The number of nitrogens with zero attached hydrogens (tertiary/aromatic N) is 4. The predicted octanol–water partition coefficient (Wildman–Crippen LogP) is 2.67. The summed E-state index contributed by atoms with van der Waals surface area (Å²) >= 11 is 6.28. The summed E-state index contributed by atoms with van der Waals surface area (Å²) in [7, 11) is 3.66. The Kier molecular flexibility index (Phi) is 7.93. The van der Waals surface area contributed by atoms with Crippen LogP contribution in [-0.2, 0) is 29.8 Å². The van der Waals surface area contributed by atoms with Gasteiger partial charge in [0.15, 0.2) is 0 Å². The molecule has 2 fully saturated rings. The van der Waals surface area contributed by atoms with Gasteiger partial charge in [-0.3, -0.25) is 24.5 Å². The summed E-state index contributed by atoms with van der Waals surface area (Å²) in [5, 5.41) is 9.98. The number of aryl methyl sites for hydroxylation is 1. The second-order valence-corrected chi connectivity index (χ2v) is 11.9. The van der Waals surface area contributed by atoms with Crippen molar-refractivity contribution in [2.24, 2.45) is 7.05 Å². The molecule has 0 aliphatic carbocycles. The highest BCUT2D eigenvalue weighted by Gasteiger charge is 2.39. The van der Waals surface area contributed by atoms with Gasteiger partial charge in [-0.15, -0.1) is 0 Å². The van der Waals surface area contributed by atoms with Crippen LogP contribution >= 0.6 is 11.6 Å². The van der Waals surface area contributed by atoms with Crippen LogP contribution in [0.4, 0.5) is 5.69 Å². The maximum Gasteiger partial charge on any atom is 0.287 e. The number of benzene rings is 2. The van der Waals surface area contributed by atoms with Gasteiger partial charge in [0.05, 0.1) is 11.9 Å². The number of rotatable bonds is 7. The first kappa shape index (κ1) is 28.9. The summed E-state index contributed by atoms with van der Waals surface area (Å²) in [6, 6.07) is 13.2. The Morgan fingerprint density at radius 3 is 2.63 bits per heavy atom. The number of hydrogen-bond donors (Lipinski definition) is 2. The van der Waals surface area contributed by atoms with E-state index in [0.29, 0.717) is 42.5 Å².